The molecule has 3 rings (SSSR count). The van der Waals surface area contributed by atoms with Gasteiger partial charge in [-0.2, -0.15) is 0 Å². The van der Waals surface area contributed by atoms with E-state index in [9.17, 15) is 9.59 Å². The van der Waals surface area contributed by atoms with Crippen molar-refractivity contribution in [2.24, 2.45) is 17.3 Å². The minimum absolute atomic E-state index is 0.0357. The van der Waals surface area contributed by atoms with E-state index in [-0.39, 0.29) is 35.1 Å². The molecule has 1 aliphatic carbocycles. The van der Waals surface area contributed by atoms with E-state index in [4.69, 9.17) is 4.74 Å². The first kappa shape index (κ1) is 17.7. The summed E-state index contributed by atoms with van der Waals surface area (Å²) in [6.45, 7) is 7.20. The number of piperidine rings is 1. The molecular formula is C19H32N2O3. The highest BCUT2D eigenvalue weighted by atomic mass is 16.5. The number of hydrogen-bond donors (Lipinski definition) is 1. The van der Waals surface area contributed by atoms with Crippen LogP contribution in [0.3, 0.4) is 0 Å². The average molecular weight is 336 g/mol. The van der Waals surface area contributed by atoms with E-state index in [0.717, 1.165) is 64.7 Å². The van der Waals surface area contributed by atoms with Gasteiger partial charge in [0.05, 0.1) is 5.92 Å². The Hall–Kier alpha value is -1.10. The molecule has 3 atom stereocenters. The molecule has 1 N–H and O–H groups in total. The van der Waals surface area contributed by atoms with Crippen LogP contribution in [-0.4, -0.2) is 49.1 Å². The third-order valence-electron chi connectivity index (χ3n) is 6.19. The lowest BCUT2D eigenvalue weighted by molar-refractivity contribution is -0.138. The number of carbonyl (C=O) groups excluding carboxylic acids is 2. The van der Waals surface area contributed by atoms with Gasteiger partial charge in [-0.25, -0.2) is 0 Å². The minimum Gasteiger partial charge on any atom is -0.381 e. The smallest absolute Gasteiger partial charge is 0.226 e. The van der Waals surface area contributed by atoms with Gasteiger partial charge in [-0.15, -0.1) is 0 Å². The Balaban J connectivity index is 1.52. The van der Waals surface area contributed by atoms with Gasteiger partial charge in [0.25, 0.3) is 0 Å². The van der Waals surface area contributed by atoms with Crippen LogP contribution in [-0.2, 0) is 14.3 Å². The van der Waals surface area contributed by atoms with Gasteiger partial charge in [-0.1, -0.05) is 13.3 Å². The molecule has 3 fully saturated rings. The van der Waals surface area contributed by atoms with Gasteiger partial charge in [-0.3, -0.25) is 9.59 Å². The maximum absolute atomic E-state index is 12.9. The summed E-state index contributed by atoms with van der Waals surface area (Å²) in [4.78, 5) is 27.3. The zero-order chi connectivity index (χ0) is 17.2. The molecule has 1 saturated carbocycles. The summed E-state index contributed by atoms with van der Waals surface area (Å²) in [5, 5.41) is 3.12. The maximum atomic E-state index is 12.9. The SMILES string of the molecule is CCC[C@H](C)NC(=O)[C@H]1CCCN(C(=O)[C@@H]2CC23CCOCC3)C1. The van der Waals surface area contributed by atoms with Crippen LogP contribution in [0, 0.1) is 17.3 Å². The molecule has 0 aromatic carbocycles. The van der Waals surface area contributed by atoms with Crippen molar-refractivity contribution in [2.45, 2.75) is 64.8 Å². The Kier molecular flexibility index (Phi) is 5.48. The zero-order valence-corrected chi connectivity index (χ0v) is 15.2. The number of nitrogens with one attached hydrogen (secondary N) is 1. The number of likely N-dealkylation sites (tertiary alicyclic amines) is 1. The van der Waals surface area contributed by atoms with Crippen LogP contribution in [0.2, 0.25) is 0 Å². The predicted octanol–water partition coefficient (Wildman–Crippen LogP) is 2.35. The summed E-state index contributed by atoms with van der Waals surface area (Å²) in [5.74, 6) is 0.564. The normalized spacial score (nSPS) is 30.0. The van der Waals surface area contributed by atoms with E-state index in [2.05, 4.69) is 19.2 Å². The molecule has 0 aromatic rings. The Morgan fingerprint density at radius 1 is 1.33 bits per heavy atom. The molecule has 24 heavy (non-hydrogen) atoms. The van der Waals surface area contributed by atoms with Gasteiger partial charge in [0.15, 0.2) is 0 Å². The molecule has 5 nitrogen and oxygen atoms in total. The van der Waals surface area contributed by atoms with Crippen LogP contribution in [0.4, 0.5) is 0 Å². The van der Waals surface area contributed by atoms with Crippen molar-refractivity contribution in [1.82, 2.24) is 10.2 Å². The number of rotatable bonds is 5. The highest BCUT2D eigenvalue weighted by Crippen LogP contribution is 2.59. The second-order valence-electron chi connectivity index (χ2n) is 8.05. The predicted molar refractivity (Wildman–Crippen MR) is 92.4 cm³/mol. The second-order valence-corrected chi connectivity index (χ2v) is 8.05. The quantitative estimate of drug-likeness (QED) is 0.838. The fourth-order valence-corrected chi connectivity index (χ4v) is 4.50. The summed E-state index contributed by atoms with van der Waals surface area (Å²) >= 11 is 0. The molecule has 0 aromatic heterocycles. The number of nitrogens with zero attached hydrogens (tertiary/aromatic N) is 1. The third kappa shape index (κ3) is 3.76. The number of carbonyl (C=O) groups is 2. The highest BCUT2D eigenvalue weighted by molar-refractivity contribution is 5.84. The Morgan fingerprint density at radius 2 is 2.08 bits per heavy atom. The Morgan fingerprint density at radius 3 is 2.79 bits per heavy atom. The molecule has 5 heteroatoms. The van der Waals surface area contributed by atoms with Crippen LogP contribution in [0.15, 0.2) is 0 Å². The summed E-state index contributed by atoms with van der Waals surface area (Å²) in [6.07, 6.45) is 6.99. The van der Waals surface area contributed by atoms with E-state index < -0.39 is 0 Å². The highest BCUT2D eigenvalue weighted by Gasteiger charge is 2.59. The van der Waals surface area contributed by atoms with Crippen molar-refractivity contribution in [3.05, 3.63) is 0 Å². The molecule has 136 valence electrons. The molecular weight excluding hydrogens is 304 g/mol. The first-order valence-corrected chi connectivity index (χ1v) is 9.72. The second kappa shape index (κ2) is 7.42. The van der Waals surface area contributed by atoms with Crippen molar-refractivity contribution >= 4 is 11.8 Å². The largest absolute Gasteiger partial charge is 0.381 e. The van der Waals surface area contributed by atoms with Crippen molar-refractivity contribution in [3.8, 4) is 0 Å². The van der Waals surface area contributed by atoms with Crippen molar-refractivity contribution in [2.75, 3.05) is 26.3 Å². The monoisotopic (exact) mass is 336 g/mol. The standard InChI is InChI=1S/C19H32N2O3/c1-3-5-14(2)20-17(22)15-6-4-9-21(13-15)18(23)16-12-19(16)7-10-24-11-8-19/h14-16H,3-13H2,1-2H3,(H,20,22)/t14-,15-,16-/m0/s1. The lowest BCUT2D eigenvalue weighted by Crippen LogP contribution is -2.48. The van der Waals surface area contributed by atoms with Crippen molar-refractivity contribution in [1.29, 1.82) is 0 Å². The molecule has 2 amide bonds. The number of hydrogen-bond acceptors (Lipinski definition) is 3. The van der Waals surface area contributed by atoms with E-state index >= 15 is 0 Å². The molecule has 1 spiro atoms. The zero-order valence-electron chi connectivity index (χ0n) is 15.2. The van der Waals surface area contributed by atoms with Crippen LogP contribution < -0.4 is 5.32 Å². The van der Waals surface area contributed by atoms with Gasteiger partial charge in [0.1, 0.15) is 0 Å². The van der Waals surface area contributed by atoms with Gasteiger partial charge in [0.2, 0.25) is 11.8 Å². The summed E-state index contributed by atoms with van der Waals surface area (Å²) in [5.41, 5.74) is 0.222. The lowest BCUT2D eigenvalue weighted by Gasteiger charge is -2.34. The fourth-order valence-electron chi connectivity index (χ4n) is 4.50. The maximum Gasteiger partial charge on any atom is 0.226 e. The van der Waals surface area contributed by atoms with Crippen LogP contribution in [0.25, 0.3) is 0 Å². The molecule has 2 aliphatic heterocycles. The van der Waals surface area contributed by atoms with Crippen LogP contribution in [0.1, 0.15) is 58.8 Å². The van der Waals surface area contributed by atoms with Crippen LogP contribution >= 0.6 is 0 Å². The van der Waals surface area contributed by atoms with Crippen molar-refractivity contribution < 1.29 is 14.3 Å². The summed E-state index contributed by atoms with van der Waals surface area (Å²) in [7, 11) is 0. The van der Waals surface area contributed by atoms with Gasteiger partial charge in [-0.05, 0) is 50.9 Å². The molecule has 0 unspecified atom stereocenters. The van der Waals surface area contributed by atoms with E-state index in [1.54, 1.807) is 0 Å². The van der Waals surface area contributed by atoms with Crippen molar-refractivity contribution in [3.63, 3.8) is 0 Å². The van der Waals surface area contributed by atoms with E-state index in [0.29, 0.717) is 6.54 Å². The van der Waals surface area contributed by atoms with Gasteiger partial charge in [0, 0.05) is 38.3 Å². The molecule has 2 saturated heterocycles. The molecule has 0 radical (unpaired) electrons. The van der Waals surface area contributed by atoms with E-state index in [1.807, 2.05) is 4.90 Å². The van der Waals surface area contributed by atoms with Crippen LogP contribution in [0.5, 0.6) is 0 Å². The molecule has 0 bridgehead atoms. The fraction of sp³-hybridized carbons (Fsp3) is 0.895. The molecule has 3 aliphatic rings. The summed E-state index contributed by atoms with van der Waals surface area (Å²) < 4.78 is 5.45. The van der Waals surface area contributed by atoms with Gasteiger partial charge < -0.3 is 15.0 Å². The molecule has 2 heterocycles. The summed E-state index contributed by atoms with van der Waals surface area (Å²) in [6, 6.07) is 0.225. The number of ether oxygens (including phenoxy) is 1. The lowest BCUT2D eigenvalue weighted by atomic mass is 9.92. The first-order chi connectivity index (χ1) is 11.6. The average Bonchev–Trinajstić information content (AvgIpc) is 3.28. The Bertz CT molecular complexity index is 473. The topological polar surface area (TPSA) is 58.6 Å². The third-order valence-corrected chi connectivity index (χ3v) is 6.19. The first-order valence-electron chi connectivity index (χ1n) is 9.72. The number of amides is 2. The van der Waals surface area contributed by atoms with E-state index in [1.165, 1.54) is 0 Å². The minimum atomic E-state index is -0.0357. The Labute approximate surface area is 145 Å². The van der Waals surface area contributed by atoms with Gasteiger partial charge >= 0.3 is 0 Å².